The molecule has 1 atom stereocenters. The van der Waals surface area contributed by atoms with Gasteiger partial charge >= 0.3 is 6.03 Å². The first-order chi connectivity index (χ1) is 41.3. The van der Waals surface area contributed by atoms with Crippen molar-refractivity contribution in [3.63, 3.8) is 0 Å². The van der Waals surface area contributed by atoms with Crippen molar-refractivity contribution in [1.82, 2.24) is 44.9 Å². The van der Waals surface area contributed by atoms with Crippen molar-refractivity contribution >= 4 is 57.5 Å². The molecule has 7 rings (SSSR count). The van der Waals surface area contributed by atoms with E-state index in [0.717, 1.165) is 61.6 Å². The van der Waals surface area contributed by atoms with Crippen LogP contribution in [-0.4, -0.2) is 183 Å². The number of anilines is 2. The normalized spacial score (nSPS) is 13.0. The Hall–Kier alpha value is -7.18. The molecule has 1 aliphatic heterocycles. The number of nitrogens with one attached hydrogen (secondary N) is 3. The zero-order valence-corrected chi connectivity index (χ0v) is 51.1. The van der Waals surface area contributed by atoms with Crippen LogP contribution in [0.15, 0.2) is 109 Å². The fourth-order valence-electron chi connectivity index (χ4n) is 9.18. The van der Waals surface area contributed by atoms with Crippen LogP contribution in [0.1, 0.15) is 67.2 Å². The molecule has 5 amide bonds. The number of unbranched alkanes of at least 4 members (excludes halogenated alkanes) is 1. The van der Waals surface area contributed by atoms with Crippen LogP contribution >= 0.6 is 22.9 Å². The van der Waals surface area contributed by atoms with E-state index in [9.17, 15) is 19.2 Å². The van der Waals surface area contributed by atoms with Crippen LogP contribution in [0.3, 0.4) is 0 Å². The van der Waals surface area contributed by atoms with Crippen molar-refractivity contribution in [3.05, 3.63) is 142 Å². The summed E-state index contributed by atoms with van der Waals surface area (Å²) in [5, 5.41) is 19.9. The van der Waals surface area contributed by atoms with Gasteiger partial charge in [0.15, 0.2) is 5.13 Å². The van der Waals surface area contributed by atoms with Crippen molar-refractivity contribution < 1.29 is 47.6 Å². The molecule has 0 bridgehead atoms. The molecule has 0 aliphatic carbocycles. The molecular weight excluding hydrogens is 1130 g/mol. The summed E-state index contributed by atoms with van der Waals surface area (Å²) in [6.45, 7) is 13.5. The Morgan fingerprint density at radius 3 is 2.08 bits per heavy atom. The molecular formula is C62H82ClN11O10S. The lowest BCUT2D eigenvalue weighted by Gasteiger charge is -2.35. The van der Waals surface area contributed by atoms with Crippen molar-refractivity contribution in [3.8, 4) is 17.2 Å². The largest absolute Gasteiger partial charge is 0.497 e. The molecule has 0 spiro atoms. The number of ether oxygens (including phenoxy) is 6. The molecule has 21 nitrogen and oxygen atoms in total. The van der Waals surface area contributed by atoms with E-state index in [1.165, 1.54) is 11.3 Å². The molecule has 1 aliphatic rings. The summed E-state index contributed by atoms with van der Waals surface area (Å²) < 4.78 is 36.3. The van der Waals surface area contributed by atoms with E-state index in [-0.39, 0.29) is 36.6 Å². The monoisotopic (exact) mass is 1210 g/mol. The summed E-state index contributed by atoms with van der Waals surface area (Å²) in [5.41, 5.74) is 4.68. The molecule has 23 heteroatoms. The molecule has 1 fully saturated rings. The summed E-state index contributed by atoms with van der Waals surface area (Å²) in [7, 11) is 5.73. The fourth-order valence-corrected chi connectivity index (χ4v) is 10.0. The highest BCUT2D eigenvalue weighted by molar-refractivity contribution is 7.14. The van der Waals surface area contributed by atoms with E-state index >= 15 is 0 Å². The van der Waals surface area contributed by atoms with Gasteiger partial charge in [0.1, 0.15) is 29.9 Å². The first-order valence-corrected chi connectivity index (χ1v) is 30.3. The Morgan fingerprint density at radius 1 is 0.706 bits per heavy atom. The standard InChI is InChI=1S/C62H82ClN11O10S/c1-46(2)74(59(49-13-21-54(79-5)22-14-49)60(77)64-43-48-8-15-50(63)16-9-48)57(75)25-12-47-10-19-55(20-11-47)83-34-7-6-27-70(3)32-36-81-39-38-80-35-26-52-44-73(69-68-52)33-37-82-40-41-84-56-23-17-51(18-24-56)65-61(78)67-62-66-53(45-85-62)42-58(76)72-30-28-71(4)29-31-72/h8-11,13-24,44-46,59H,6-7,12,25-43H2,1-5H3,(H,64,77)(H2,65,66,67,78). The molecule has 0 radical (unpaired) electrons. The first-order valence-electron chi connectivity index (χ1n) is 29.0. The average molecular weight is 1210 g/mol. The number of amides is 5. The van der Waals surface area contributed by atoms with Crippen molar-refractivity contribution in [2.45, 2.75) is 77.5 Å². The molecule has 1 saturated heterocycles. The van der Waals surface area contributed by atoms with Crippen LogP contribution < -0.4 is 30.2 Å². The molecule has 2 aromatic heterocycles. The van der Waals surface area contributed by atoms with Gasteiger partial charge in [-0.3, -0.25) is 19.7 Å². The van der Waals surface area contributed by atoms with E-state index in [0.29, 0.717) is 130 Å². The summed E-state index contributed by atoms with van der Waals surface area (Å²) in [5.74, 6) is 1.75. The van der Waals surface area contributed by atoms with Crippen molar-refractivity contribution in [1.29, 1.82) is 0 Å². The second kappa shape index (κ2) is 35.3. The number of hydrogen-bond donors (Lipinski definition) is 3. The quantitative estimate of drug-likeness (QED) is 0.0317. The van der Waals surface area contributed by atoms with Crippen molar-refractivity contribution in [2.75, 3.05) is 124 Å². The Bertz CT molecular complexity index is 2940. The van der Waals surface area contributed by atoms with E-state index in [1.54, 1.807) is 70.6 Å². The van der Waals surface area contributed by atoms with Crippen LogP contribution in [0.5, 0.6) is 17.2 Å². The highest BCUT2D eigenvalue weighted by atomic mass is 35.5. The number of piperazine rings is 1. The zero-order chi connectivity index (χ0) is 60.2. The third kappa shape index (κ3) is 23.0. The summed E-state index contributed by atoms with van der Waals surface area (Å²) in [4.78, 5) is 65.5. The van der Waals surface area contributed by atoms with Crippen LogP contribution in [0.2, 0.25) is 5.02 Å². The number of carbonyl (C=O) groups is 4. The summed E-state index contributed by atoms with van der Waals surface area (Å²) in [6.07, 6.45) is 5.40. The van der Waals surface area contributed by atoms with Crippen molar-refractivity contribution in [2.24, 2.45) is 0 Å². The second-order valence-corrected chi connectivity index (χ2v) is 22.2. The van der Waals surface area contributed by atoms with Crippen LogP contribution in [0.25, 0.3) is 0 Å². The number of aryl methyl sites for hydroxylation is 1. The highest BCUT2D eigenvalue weighted by Gasteiger charge is 2.33. The smallest absolute Gasteiger partial charge is 0.325 e. The molecule has 85 heavy (non-hydrogen) atoms. The number of rotatable bonds is 36. The average Bonchev–Trinajstić information content (AvgIpc) is 4.19. The van der Waals surface area contributed by atoms with E-state index < -0.39 is 12.1 Å². The Balaban J connectivity index is 0.665. The fraction of sp³-hybridized carbons (Fsp3) is 0.468. The van der Waals surface area contributed by atoms with Gasteiger partial charge in [-0.05, 0) is 131 Å². The van der Waals surface area contributed by atoms with Gasteiger partial charge in [0.05, 0.1) is 77.7 Å². The number of aromatic nitrogens is 4. The van der Waals surface area contributed by atoms with Crippen LogP contribution in [-0.2, 0) is 60.9 Å². The zero-order valence-electron chi connectivity index (χ0n) is 49.5. The maximum atomic E-state index is 14.0. The Morgan fingerprint density at radius 2 is 1.36 bits per heavy atom. The molecule has 3 N–H and O–H groups in total. The third-order valence-electron chi connectivity index (χ3n) is 14.0. The molecule has 458 valence electrons. The number of thiazole rings is 1. The number of likely N-dealkylation sites (N-methyl/N-ethyl adjacent to an activating group) is 2. The molecule has 0 saturated carbocycles. The SMILES string of the molecule is COc1ccc(C(C(=O)NCc2ccc(Cl)cc2)N(C(=O)CCc2ccc(OCCCCN(C)CCOCCOCCc3cn(CCOCCOc4ccc(NC(=O)Nc5nc(CC(=O)N6CCN(C)CC6)cs5)cc4)nn3)cc2)C(C)C)cc1. The lowest BCUT2D eigenvalue weighted by atomic mass is 10.0. The second-order valence-electron chi connectivity index (χ2n) is 20.9. The predicted octanol–water partition coefficient (Wildman–Crippen LogP) is 8.05. The predicted molar refractivity (Wildman–Crippen MR) is 329 cm³/mol. The number of carbonyl (C=O) groups excluding carboxylic acids is 4. The molecule has 6 aromatic rings. The van der Waals surface area contributed by atoms with E-state index in [2.05, 4.69) is 48.1 Å². The minimum Gasteiger partial charge on any atom is -0.497 e. The number of methoxy groups -OCH3 is 1. The molecule has 1 unspecified atom stereocenters. The topological polar surface area (TPSA) is 216 Å². The van der Waals surface area contributed by atoms with E-state index in [4.69, 9.17) is 40.0 Å². The Labute approximate surface area is 508 Å². The minimum absolute atomic E-state index is 0.0457. The maximum Gasteiger partial charge on any atom is 0.325 e. The highest BCUT2D eigenvalue weighted by Crippen LogP contribution is 2.28. The van der Waals surface area contributed by atoms with Crippen LogP contribution in [0.4, 0.5) is 15.6 Å². The molecule has 3 heterocycles. The number of halogens is 1. The number of nitrogens with zero attached hydrogens (tertiary/aromatic N) is 8. The van der Waals surface area contributed by atoms with Gasteiger partial charge in [-0.1, -0.05) is 53.2 Å². The number of benzene rings is 4. The van der Waals surface area contributed by atoms with Gasteiger partial charge in [0.25, 0.3) is 0 Å². The Kier molecular flexibility index (Phi) is 27.2. The van der Waals surface area contributed by atoms with Gasteiger partial charge in [-0.2, -0.15) is 0 Å². The van der Waals surface area contributed by atoms with E-state index in [1.807, 2.05) is 80.5 Å². The molecule has 4 aromatic carbocycles. The number of urea groups is 1. The summed E-state index contributed by atoms with van der Waals surface area (Å²) >= 11 is 7.35. The lowest BCUT2D eigenvalue weighted by Crippen LogP contribution is -2.47. The van der Waals surface area contributed by atoms with Gasteiger partial charge in [-0.15, -0.1) is 16.4 Å². The van der Waals surface area contributed by atoms with Crippen LogP contribution in [0, 0.1) is 0 Å². The van der Waals surface area contributed by atoms with Gasteiger partial charge < -0.3 is 58.7 Å². The number of hydrogen-bond acceptors (Lipinski definition) is 16. The van der Waals surface area contributed by atoms with Gasteiger partial charge in [0.2, 0.25) is 17.7 Å². The van der Waals surface area contributed by atoms with Gasteiger partial charge in [0, 0.05) is 80.4 Å². The lowest BCUT2D eigenvalue weighted by molar-refractivity contribution is -0.143. The minimum atomic E-state index is -0.832. The van der Waals surface area contributed by atoms with Gasteiger partial charge in [-0.25, -0.2) is 14.5 Å². The first kappa shape index (κ1) is 65.4. The maximum absolute atomic E-state index is 14.0. The third-order valence-corrected chi connectivity index (χ3v) is 15.1. The summed E-state index contributed by atoms with van der Waals surface area (Å²) in [6, 6.07) is 28.0.